The smallest absolute Gasteiger partial charge is 0.410 e. The van der Waals surface area contributed by atoms with E-state index in [-0.39, 0.29) is 17.9 Å². The Morgan fingerprint density at radius 2 is 1.61 bits per heavy atom. The predicted octanol–water partition coefficient (Wildman–Crippen LogP) is 4.66. The molecule has 174 valence electrons. The number of ether oxygens (including phenoxy) is 1. The van der Waals surface area contributed by atoms with E-state index in [0.29, 0.717) is 25.9 Å². The third-order valence-electron chi connectivity index (χ3n) is 5.48. The van der Waals surface area contributed by atoms with Crippen LogP contribution in [0.25, 0.3) is 0 Å². The van der Waals surface area contributed by atoms with Gasteiger partial charge >= 0.3 is 6.09 Å². The lowest BCUT2D eigenvalue weighted by Crippen LogP contribution is -2.51. The molecule has 0 aliphatic carbocycles. The molecule has 31 heavy (non-hydrogen) atoms. The molecule has 1 aromatic rings. The molecule has 2 aliphatic heterocycles. The number of nitrogens with zero attached hydrogens (tertiary/aromatic N) is 3. The third kappa shape index (κ3) is 8.00. The van der Waals surface area contributed by atoms with Crippen LogP contribution in [0.2, 0.25) is 5.02 Å². The van der Waals surface area contributed by atoms with E-state index in [4.69, 9.17) is 16.3 Å². The Kier molecular flexibility index (Phi) is 9.63. The number of piperazine rings is 1. The number of amides is 2. The van der Waals surface area contributed by atoms with Gasteiger partial charge in [-0.2, -0.15) is 0 Å². The Hall–Kier alpha value is -1.79. The maximum atomic E-state index is 12.9. The van der Waals surface area contributed by atoms with E-state index in [2.05, 4.69) is 11.0 Å². The maximum absolute atomic E-state index is 12.9. The first-order valence-electron chi connectivity index (χ1n) is 11.4. The van der Waals surface area contributed by atoms with E-state index in [1.807, 2.05) is 57.7 Å². The molecule has 2 heterocycles. The molecular formula is C24H38ClN3O3. The third-order valence-corrected chi connectivity index (χ3v) is 5.71. The molecule has 7 heteroatoms. The summed E-state index contributed by atoms with van der Waals surface area (Å²) in [5.74, 6) is 0.240. The second kappa shape index (κ2) is 11.7. The highest BCUT2D eigenvalue weighted by atomic mass is 35.5. The van der Waals surface area contributed by atoms with Gasteiger partial charge in [-0.25, -0.2) is 4.79 Å². The summed E-state index contributed by atoms with van der Waals surface area (Å²) in [7, 11) is 0. The van der Waals surface area contributed by atoms with E-state index in [9.17, 15) is 9.59 Å². The second-order valence-corrected chi connectivity index (χ2v) is 9.41. The number of benzene rings is 1. The van der Waals surface area contributed by atoms with Crippen molar-refractivity contribution < 1.29 is 14.3 Å². The number of carbonyl (C=O) groups excluding carboxylic acids is 2. The van der Waals surface area contributed by atoms with Gasteiger partial charge in [0.1, 0.15) is 5.60 Å². The van der Waals surface area contributed by atoms with Crippen molar-refractivity contribution in [3.05, 3.63) is 34.9 Å². The monoisotopic (exact) mass is 451 g/mol. The Labute approximate surface area is 192 Å². The Morgan fingerprint density at radius 1 is 1.00 bits per heavy atom. The van der Waals surface area contributed by atoms with Gasteiger partial charge in [0.05, 0.1) is 0 Å². The highest BCUT2D eigenvalue weighted by Gasteiger charge is 2.33. The van der Waals surface area contributed by atoms with Gasteiger partial charge in [-0.1, -0.05) is 37.6 Å². The van der Waals surface area contributed by atoms with Gasteiger partial charge in [-0.05, 0) is 51.3 Å². The van der Waals surface area contributed by atoms with Crippen molar-refractivity contribution in [2.75, 3.05) is 39.3 Å². The van der Waals surface area contributed by atoms with Gasteiger partial charge in [-0.3, -0.25) is 9.69 Å². The molecular weight excluding hydrogens is 414 g/mol. The molecule has 2 fully saturated rings. The van der Waals surface area contributed by atoms with E-state index in [0.717, 1.165) is 37.7 Å². The van der Waals surface area contributed by atoms with Crippen molar-refractivity contribution in [1.82, 2.24) is 14.7 Å². The average molecular weight is 452 g/mol. The highest BCUT2D eigenvalue weighted by Crippen LogP contribution is 2.23. The van der Waals surface area contributed by atoms with E-state index < -0.39 is 5.60 Å². The number of rotatable bonds is 3. The first-order valence-corrected chi connectivity index (χ1v) is 11.8. The van der Waals surface area contributed by atoms with Gasteiger partial charge < -0.3 is 14.5 Å². The SMILES string of the molecule is CC.CC(C)(C)OC(=O)N1CCC(C(=O)N2CCN(Cc3cccc(Cl)c3)CC2)CC1. The van der Waals surface area contributed by atoms with Crippen molar-refractivity contribution in [2.24, 2.45) is 5.92 Å². The first kappa shape index (κ1) is 25.5. The van der Waals surface area contributed by atoms with Crippen LogP contribution < -0.4 is 0 Å². The number of hydrogen-bond donors (Lipinski definition) is 0. The van der Waals surface area contributed by atoms with Gasteiger partial charge in [0.2, 0.25) is 5.91 Å². The quantitative estimate of drug-likeness (QED) is 0.670. The van der Waals surface area contributed by atoms with Gasteiger partial charge in [0.15, 0.2) is 0 Å². The van der Waals surface area contributed by atoms with Crippen LogP contribution in [0.3, 0.4) is 0 Å². The van der Waals surface area contributed by atoms with Crippen LogP contribution in [-0.2, 0) is 16.1 Å². The van der Waals surface area contributed by atoms with Crippen LogP contribution in [0.15, 0.2) is 24.3 Å². The first-order chi connectivity index (χ1) is 14.7. The molecule has 0 radical (unpaired) electrons. The van der Waals surface area contributed by atoms with Crippen LogP contribution >= 0.6 is 11.6 Å². The van der Waals surface area contributed by atoms with Crippen LogP contribution in [-0.4, -0.2) is 71.6 Å². The summed E-state index contributed by atoms with van der Waals surface area (Å²) < 4.78 is 5.44. The minimum absolute atomic E-state index is 0.00756. The molecule has 0 saturated carbocycles. The topological polar surface area (TPSA) is 53.1 Å². The standard InChI is InChI=1S/C22H32ClN3O3.C2H6/c1-22(2,3)29-21(28)26-9-7-18(8-10-26)20(27)25-13-11-24(12-14-25)16-17-5-4-6-19(23)15-17;1-2/h4-6,15,18H,7-14,16H2,1-3H3;1-2H3. The molecule has 0 aromatic heterocycles. The van der Waals surface area contributed by atoms with Crippen molar-refractivity contribution in [2.45, 2.75) is 59.6 Å². The number of likely N-dealkylation sites (tertiary alicyclic amines) is 1. The lowest BCUT2D eigenvalue weighted by molar-refractivity contribution is -0.139. The summed E-state index contributed by atoms with van der Waals surface area (Å²) in [6.45, 7) is 14.9. The normalized spacial score (nSPS) is 18.3. The molecule has 0 N–H and O–H groups in total. The minimum atomic E-state index is -0.492. The number of carbonyl (C=O) groups is 2. The van der Waals surface area contributed by atoms with E-state index >= 15 is 0 Å². The molecule has 0 bridgehead atoms. The Bertz CT molecular complexity index is 719. The fraction of sp³-hybridized carbons (Fsp3) is 0.667. The summed E-state index contributed by atoms with van der Waals surface area (Å²) in [5.41, 5.74) is 0.709. The van der Waals surface area contributed by atoms with Crippen LogP contribution in [0, 0.1) is 5.92 Å². The molecule has 0 spiro atoms. The summed E-state index contributed by atoms with van der Waals surface area (Å²) in [6.07, 6.45) is 1.14. The van der Waals surface area contributed by atoms with Crippen molar-refractivity contribution in [3.8, 4) is 0 Å². The summed E-state index contributed by atoms with van der Waals surface area (Å²) in [6, 6.07) is 7.94. The zero-order chi connectivity index (χ0) is 23.0. The van der Waals surface area contributed by atoms with Crippen molar-refractivity contribution in [3.63, 3.8) is 0 Å². The molecule has 2 saturated heterocycles. The second-order valence-electron chi connectivity index (χ2n) is 8.97. The van der Waals surface area contributed by atoms with Gasteiger partial charge in [-0.15, -0.1) is 0 Å². The van der Waals surface area contributed by atoms with Crippen LogP contribution in [0.1, 0.15) is 53.0 Å². The fourth-order valence-electron chi connectivity index (χ4n) is 3.91. The van der Waals surface area contributed by atoms with Gasteiger partial charge in [0, 0.05) is 56.8 Å². The summed E-state index contributed by atoms with van der Waals surface area (Å²) in [5, 5.41) is 0.758. The number of hydrogen-bond acceptors (Lipinski definition) is 4. The van der Waals surface area contributed by atoms with Crippen molar-refractivity contribution >= 4 is 23.6 Å². The zero-order valence-corrected chi connectivity index (χ0v) is 20.5. The average Bonchev–Trinajstić information content (AvgIpc) is 2.74. The van der Waals surface area contributed by atoms with Crippen LogP contribution in [0.5, 0.6) is 0 Å². The summed E-state index contributed by atoms with van der Waals surface area (Å²) in [4.78, 5) is 31.2. The molecule has 0 unspecified atom stereocenters. The molecule has 3 rings (SSSR count). The number of piperidine rings is 1. The summed E-state index contributed by atoms with van der Waals surface area (Å²) >= 11 is 6.07. The van der Waals surface area contributed by atoms with Crippen molar-refractivity contribution in [1.29, 1.82) is 0 Å². The largest absolute Gasteiger partial charge is 0.444 e. The maximum Gasteiger partial charge on any atom is 0.410 e. The molecule has 1 aromatic carbocycles. The lowest BCUT2D eigenvalue weighted by Gasteiger charge is -2.38. The number of halogens is 1. The van der Waals surface area contributed by atoms with Gasteiger partial charge in [0.25, 0.3) is 0 Å². The molecule has 2 aliphatic rings. The predicted molar refractivity (Wildman–Crippen MR) is 125 cm³/mol. The van der Waals surface area contributed by atoms with E-state index in [1.54, 1.807) is 4.90 Å². The zero-order valence-electron chi connectivity index (χ0n) is 19.7. The Balaban J connectivity index is 0.00000166. The molecule has 6 nitrogen and oxygen atoms in total. The van der Waals surface area contributed by atoms with E-state index in [1.165, 1.54) is 5.56 Å². The highest BCUT2D eigenvalue weighted by molar-refractivity contribution is 6.30. The molecule has 0 atom stereocenters. The molecule has 2 amide bonds. The lowest BCUT2D eigenvalue weighted by atomic mass is 9.95. The fourth-order valence-corrected chi connectivity index (χ4v) is 4.13. The minimum Gasteiger partial charge on any atom is -0.444 e. The Morgan fingerprint density at radius 3 is 2.16 bits per heavy atom. The van der Waals surface area contributed by atoms with Crippen LogP contribution in [0.4, 0.5) is 4.79 Å².